The van der Waals surface area contributed by atoms with Crippen molar-refractivity contribution < 1.29 is 28.6 Å². The minimum atomic E-state index is -0.347. The number of hydrogen-bond acceptors (Lipinski definition) is 5. The van der Waals surface area contributed by atoms with Gasteiger partial charge in [-0.1, -0.05) is 0 Å². The first-order chi connectivity index (χ1) is 9.76. The summed E-state index contributed by atoms with van der Waals surface area (Å²) in [4.78, 5) is 13.4. The predicted octanol–water partition coefficient (Wildman–Crippen LogP) is -0.212. The van der Waals surface area contributed by atoms with Crippen LogP contribution in [0.1, 0.15) is 22.1 Å². The highest BCUT2D eigenvalue weighted by molar-refractivity contribution is 5.97. The van der Waals surface area contributed by atoms with Crippen molar-refractivity contribution in [2.75, 3.05) is 40.5 Å². The molecule has 2 aliphatic heterocycles. The van der Waals surface area contributed by atoms with Crippen molar-refractivity contribution in [2.24, 2.45) is 0 Å². The van der Waals surface area contributed by atoms with Crippen LogP contribution in [-0.4, -0.2) is 46.5 Å². The monoisotopic (exact) mass is 280 g/mol. The summed E-state index contributed by atoms with van der Waals surface area (Å²) in [6.07, 6.45) is -0.277. The largest absolute Gasteiger partial charge is 0.493 e. The van der Waals surface area contributed by atoms with E-state index in [-0.39, 0.29) is 12.2 Å². The van der Waals surface area contributed by atoms with Gasteiger partial charge in [0.05, 0.1) is 33.0 Å². The number of nitrogens with one attached hydrogen (secondary N) is 1. The van der Waals surface area contributed by atoms with Gasteiger partial charge in [-0.15, -0.1) is 0 Å². The fourth-order valence-electron chi connectivity index (χ4n) is 2.80. The second kappa shape index (κ2) is 5.30. The molecule has 1 fully saturated rings. The Kier molecular flexibility index (Phi) is 3.50. The van der Waals surface area contributed by atoms with Crippen molar-refractivity contribution in [3.8, 4) is 11.5 Å². The number of morpholine rings is 1. The molecule has 0 radical (unpaired) electrons. The summed E-state index contributed by atoms with van der Waals surface area (Å²) in [6.45, 7) is 3.02. The first-order valence-corrected chi connectivity index (χ1v) is 6.64. The number of rotatable bonds is 3. The van der Waals surface area contributed by atoms with Crippen LogP contribution >= 0.6 is 0 Å². The molecule has 1 N–H and O–H groups in total. The quantitative estimate of drug-likeness (QED) is 0.776. The van der Waals surface area contributed by atoms with Gasteiger partial charge in [0.25, 0.3) is 6.23 Å². The summed E-state index contributed by atoms with van der Waals surface area (Å²) in [5, 5.41) is 0. The van der Waals surface area contributed by atoms with Gasteiger partial charge in [0.1, 0.15) is 18.7 Å². The second-order valence-corrected chi connectivity index (χ2v) is 4.82. The van der Waals surface area contributed by atoms with Crippen molar-refractivity contribution in [3.05, 3.63) is 23.3 Å². The third-order valence-corrected chi connectivity index (χ3v) is 3.80. The zero-order valence-corrected chi connectivity index (χ0v) is 11.6. The van der Waals surface area contributed by atoms with E-state index < -0.39 is 0 Å². The van der Waals surface area contributed by atoms with Gasteiger partial charge in [-0.05, 0) is 12.1 Å². The van der Waals surface area contributed by atoms with Crippen molar-refractivity contribution in [1.82, 2.24) is 0 Å². The Hall–Kier alpha value is -1.79. The van der Waals surface area contributed by atoms with Crippen LogP contribution in [-0.2, 0) is 9.47 Å². The second-order valence-electron chi connectivity index (χ2n) is 4.82. The third-order valence-electron chi connectivity index (χ3n) is 3.80. The fourth-order valence-corrected chi connectivity index (χ4v) is 2.80. The standard InChI is InChI=1S/C14H17NO5/c1-17-10-4-3-9-11(12(10)18-2)14(16)20-13(9)15-5-7-19-8-6-15/h3-4,13H,5-8H2,1-2H3/p+1/t13-/m1/s1. The van der Waals surface area contributed by atoms with Crippen molar-refractivity contribution in [3.63, 3.8) is 0 Å². The fraction of sp³-hybridized carbons (Fsp3) is 0.500. The Morgan fingerprint density at radius 3 is 2.60 bits per heavy atom. The molecule has 3 rings (SSSR count). The summed E-state index contributed by atoms with van der Waals surface area (Å²) >= 11 is 0. The normalized spacial score (nSPS) is 22.3. The summed E-state index contributed by atoms with van der Waals surface area (Å²) in [7, 11) is 3.08. The van der Waals surface area contributed by atoms with E-state index in [0.29, 0.717) is 30.3 Å². The van der Waals surface area contributed by atoms with E-state index in [0.717, 1.165) is 18.7 Å². The Morgan fingerprint density at radius 1 is 1.20 bits per heavy atom. The van der Waals surface area contributed by atoms with E-state index in [1.54, 1.807) is 7.11 Å². The summed E-state index contributed by atoms with van der Waals surface area (Å²) in [5.74, 6) is 0.644. The highest BCUT2D eigenvalue weighted by Crippen LogP contribution is 2.40. The van der Waals surface area contributed by atoms with Gasteiger partial charge >= 0.3 is 5.97 Å². The van der Waals surface area contributed by atoms with Gasteiger partial charge in [-0.25, -0.2) is 4.79 Å². The number of hydrogen-bond donors (Lipinski definition) is 1. The maximum atomic E-state index is 12.2. The number of fused-ring (bicyclic) bond motifs is 1. The summed E-state index contributed by atoms with van der Waals surface area (Å²) < 4.78 is 21.5. The number of ether oxygens (including phenoxy) is 4. The van der Waals surface area contributed by atoms with E-state index >= 15 is 0 Å². The Balaban J connectivity index is 2.00. The highest BCUT2D eigenvalue weighted by atomic mass is 16.6. The molecule has 0 amide bonds. The number of methoxy groups -OCH3 is 2. The average Bonchev–Trinajstić information content (AvgIpc) is 2.84. The molecule has 6 heteroatoms. The molecule has 0 unspecified atom stereocenters. The van der Waals surface area contributed by atoms with E-state index in [9.17, 15) is 4.79 Å². The van der Waals surface area contributed by atoms with Crippen LogP contribution in [0.3, 0.4) is 0 Å². The average molecular weight is 280 g/mol. The van der Waals surface area contributed by atoms with Crippen LogP contribution in [0.5, 0.6) is 11.5 Å². The zero-order valence-electron chi connectivity index (χ0n) is 11.6. The molecule has 0 aromatic heterocycles. The minimum absolute atomic E-state index is 0.277. The van der Waals surface area contributed by atoms with Crippen LogP contribution in [0.2, 0.25) is 0 Å². The maximum Gasteiger partial charge on any atom is 0.347 e. The van der Waals surface area contributed by atoms with Gasteiger partial charge < -0.3 is 18.9 Å². The molecule has 2 aliphatic rings. The van der Waals surface area contributed by atoms with Gasteiger partial charge in [0, 0.05) is 0 Å². The molecule has 2 heterocycles. The number of carbonyl (C=O) groups excluding carboxylic acids is 1. The SMILES string of the molecule is COc1ccc2c(c1OC)C(=O)O[C@H]2[NH+]1CCOCC1. The molecule has 108 valence electrons. The van der Waals surface area contributed by atoms with Crippen LogP contribution in [0.25, 0.3) is 0 Å². The van der Waals surface area contributed by atoms with E-state index in [1.165, 1.54) is 12.0 Å². The molecule has 0 aliphatic carbocycles. The van der Waals surface area contributed by atoms with Crippen molar-refractivity contribution >= 4 is 5.97 Å². The van der Waals surface area contributed by atoms with Crippen molar-refractivity contribution in [2.45, 2.75) is 6.23 Å². The summed E-state index contributed by atoms with van der Waals surface area (Å²) in [5.41, 5.74) is 1.35. The smallest absolute Gasteiger partial charge is 0.347 e. The lowest BCUT2D eigenvalue weighted by Crippen LogP contribution is -3.14. The van der Waals surface area contributed by atoms with Gasteiger partial charge in [0.15, 0.2) is 11.5 Å². The first kappa shape index (κ1) is 13.2. The molecular formula is C14H18NO5+. The first-order valence-electron chi connectivity index (χ1n) is 6.64. The lowest BCUT2D eigenvalue weighted by Gasteiger charge is -2.28. The number of esters is 1. The number of benzene rings is 1. The summed E-state index contributed by atoms with van der Waals surface area (Å²) in [6, 6.07) is 3.70. The lowest BCUT2D eigenvalue weighted by atomic mass is 10.1. The Bertz CT molecular complexity index is 525. The highest BCUT2D eigenvalue weighted by Gasteiger charge is 2.42. The number of quaternary nitrogens is 1. The van der Waals surface area contributed by atoms with Crippen LogP contribution in [0, 0.1) is 0 Å². The number of cyclic esters (lactones) is 1. The molecule has 20 heavy (non-hydrogen) atoms. The van der Waals surface area contributed by atoms with E-state index in [4.69, 9.17) is 18.9 Å². The maximum absolute atomic E-state index is 12.2. The zero-order chi connectivity index (χ0) is 14.1. The van der Waals surface area contributed by atoms with E-state index in [1.807, 2.05) is 12.1 Å². The Labute approximate surface area is 117 Å². The lowest BCUT2D eigenvalue weighted by molar-refractivity contribution is -0.958. The molecule has 0 bridgehead atoms. The van der Waals surface area contributed by atoms with Gasteiger partial charge in [-0.2, -0.15) is 0 Å². The van der Waals surface area contributed by atoms with E-state index in [2.05, 4.69) is 0 Å². The van der Waals surface area contributed by atoms with Crippen LogP contribution in [0.4, 0.5) is 0 Å². The molecule has 1 aromatic rings. The molecule has 0 saturated carbocycles. The molecule has 6 nitrogen and oxygen atoms in total. The number of carbonyl (C=O) groups is 1. The molecule has 1 atom stereocenters. The molecular weight excluding hydrogens is 262 g/mol. The molecule has 1 aromatic carbocycles. The van der Waals surface area contributed by atoms with Crippen LogP contribution < -0.4 is 14.4 Å². The van der Waals surface area contributed by atoms with Crippen molar-refractivity contribution in [1.29, 1.82) is 0 Å². The minimum Gasteiger partial charge on any atom is -0.493 e. The third kappa shape index (κ3) is 2.01. The molecule has 1 saturated heterocycles. The van der Waals surface area contributed by atoms with Gasteiger partial charge in [-0.3, -0.25) is 4.90 Å². The molecule has 0 spiro atoms. The predicted molar refractivity (Wildman–Crippen MR) is 69.2 cm³/mol. The Morgan fingerprint density at radius 2 is 1.95 bits per heavy atom. The van der Waals surface area contributed by atoms with Gasteiger partial charge in [0.2, 0.25) is 0 Å². The topological polar surface area (TPSA) is 58.4 Å². The van der Waals surface area contributed by atoms with Crippen LogP contribution in [0.15, 0.2) is 12.1 Å².